The first-order valence-electron chi connectivity index (χ1n) is 6.22. The lowest BCUT2D eigenvalue weighted by molar-refractivity contribution is -0.274. The molecule has 1 aromatic rings. The second-order valence-electron chi connectivity index (χ2n) is 3.81. The minimum Gasteiger partial charge on any atom is -0.417 e. The van der Waals surface area contributed by atoms with Gasteiger partial charge in [0, 0.05) is 5.75 Å². The van der Waals surface area contributed by atoms with Crippen LogP contribution in [0.1, 0.15) is 20.3 Å². The van der Waals surface area contributed by atoms with Gasteiger partial charge in [0.1, 0.15) is 11.5 Å². The van der Waals surface area contributed by atoms with Crippen LogP contribution in [0.25, 0.3) is 0 Å². The van der Waals surface area contributed by atoms with Gasteiger partial charge < -0.3 is 9.26 Å². The zero-order valence-corrected chi connectivity index (χ0v) is 13.3. The predicted octanol–water partition coefficient (Wildman–Crippen LogP) is 5.25. The second kappa shape index (κ2) is 7.96. The fourth-order valence-electron chi connectivity index (χ4n) is 1.28. The lowest BCUT2D eigenvalue weighted by Crippen LogP contribution is -2.16. The van der Waals surface area contributed by atoms with Crippen LogP contribution in [0.5, 0.6) is 11.5 Å². The van der Waals surface area contributed by atoms with Crippen LogP contribution >= 0.6 is 18.2 Å². The van der Waals surface area contributed by atoms with Crippen LogP contribution in [0.15, 0.2) is 24.3 Å². The zero-order chi connectivity index (χ0) is 15.9. The summed E-state index contributed by atoms with van der Waals surface area (Å²) in [5.74, 6) is 0.374. The summed E-state index contributed by atoms with van der Waals surface area (Å²) >= 11 is 1.06. The maximum absolute atomic E-state index is 12.4. The topological polar surface area (TPSA) is 44.8 Å². The van der Waals surface area contributed by atoms with Gasteiger partial charge in [-0.05, 0) is 49.0 Å². The van der Waals surface area contributed by atoms with E-state index < -0.39 is 13.2 Å². The van der Waals surface area contributed by atoms with E-state index in [2.05, 4.69) is 4.74 Å². The number of alkyl halides is 3. The van der Waals surface area contributed by atoms with Crippen molar-refractivity contribution in [2.45, 2.75) is 26.6 Å². The zero-order valence-electron chi connectivity index (χ0n) is 11.6. The first kappa shape index (κ1) is 18.2. The molecular weight excluding hydrogens is 328 g/mol. The largest absolute Gasteiger partial charge is 0.573 e. The molecule has 0 bridgehead atoms. The molecule has 4 nitrogen and oxygen atoms in total. The Kier molecular flexibility index (Phi) is 6.90. The van der Waals surface area contributed by atoms with Crippen molar-refractivity contribution in [3.63, 3.8) is 0 Å². The summed E-state index contributed by atoms with van der Waals surface area (Å²) in [6.45, 7) is 0.458. The molecule has 0 saturated heterocycles. The van der Waals surface area contributed by atoms with Crippen molar-refractivity contribution in [3.8, 4) is 11.5 Å². The molecule has 0 heterocycles. The fraction of sp³-hybridized carbons (Fsp3) is 0.500. The standard InChI is InChI=1S/C12H16F3O4PS/c1-3-9-21-20(16,17-4-2)19-11-7-5-10(6-8-11)18-12(13,14)15/h5-8H,3-4,9H2,1-2H3. The molecule has 0 aliphatic rings. The summed E-state index contributed by atoms with van der Waals surface area (Å²) in [6, 6.07) is 4.67. The van der Waals surface area contributed by atoms with Gasteiger partial charge in [0.05, 0.1) is 6.61 Å². The molecule has 1 unspecified atom stereocenters. The molecule has 0 spiro atoms. The van der Waals surface area contributed by atoms with Crippen molar-refractivity contribution >= 4 is 18.2 Å². The number of ether oxygens (including phenoxy) is 1. The Morgan fingerprint density at radius 1 is 1.14 bits per heavy atom. The molecule has 120 valence electrons. The number of halogens is 3. The molecule has 9 heteroatoms. The van der Waals surface area contributed by atoms with Crippen molar-refractivity contribution in [2.24, 2.45) is 0 Å². The Labute approximate surface area is 125 Å². The monoisotopic (exact) mass is 344 g/mol. The average Bonchev–Trinajstić information content (AvgIpc) is 2.37. The third-order valence-electron chi connectivity index (χ3n) is 2.02. The van der Waals surface area contributed by atoms with E-state index >= 15 is 0 Å². The molecule has 1 rings (SSSR count). The number of rotatable bonds is 8. The molecule has 21 heavy (non-hydrogen) atoms. The summed E-state index contributed by atoms with van der Waals surface area (Å²) in [4.78, 5) is 0. The average molecular weight is 344 g/mol. The van der Waals surface area contributed by atoms with Crippen LogP contribution in [0.4, 0.5) is 13.2 Å². The van der Waals surface area contributed by atoms with Crippen LogP contribution in [0, 0.1) is 0 Å². The van der Waals surface area contributed by atoms with Gasteiger partial charge in [-0.15, -0.1) is 13.2 Å². The van der Waals surface area contributed by atoms with Gasteiger partial charge >= 0.3 is 13.2 Å². The number of benzene rings is 1. The van der Waals surface area contributed by atoms with Crippen molar-refractivity contribution in [2.75, 3.05) is 12.4 Å². The molecule has 0 aliphatic carbocycles. The Bertz CT molecular complexity index is 478. The van der Waals surface area contributed by atoms with Gasteiger partial charge in [0.15, 0.2) is 0 Å². The molecule has 0 radical (unpaired) electrons. The van der Waals surface area contributed by atoms with Gasteiger partial charge in [-0.3, -0.25) is 4.52 Å². The van der Waals surface area contributed by atoms with E-state index in [1.807, 2.05) is 6.92 Å². The second-order valence-corrected chi connectivity index (χ2v) is 7.93. The molecule has 0 aliphatic heterocycles. The SMILES string of the molecule is CCCSP(=O)(OCC)Oc1ccc(OC(F)(F)F)cc1. The summed E-state index contributed by atoms with van der Waals surface area (Å²) in [5.41, 5.74) is 0. The molecular formula is C12H16F3O4PS. The van der Waals surface area contributed by atoms with Crippen molar-refractivity contribution in [1.82, 2.24) is 0 Å². The maximum Gasteiger partial charge on any atom is 0.573 e. The predicted molar refractivity (Wildman–Crippen MR) is 75.7 cm³/mol. The number of hydrogen-bond donors (Lipinski definition) is 0. The maximum atomic E-state index is 12.4. The van der Waals surface area contributed by atoms with E-state index in [0.717, 1.165) is 29.9 Å². The highest BCUT2D eigenvalue weighted by Gasteiger charge is 2.31. The lowest BCUT2D eigenvalue weighted by atomic mass is 10.3. The molecule has 0 fully saturated rings. The molecule has 0 amide bonds. The third kappa shape index (κ3) is 7.11. The van der Waals surface area contributed by atoms with Crippen LogP contribution in [-0.4, -0.2) is 18.7 Å². The van der Waals surface area contributed by atoms with E-state index in [1.54, 1.807) is 6.92 Å². The lowest BCUT2D eigenvalue weighted by Gasteiger charge is -2.17. The van der Waals surface area contributed by atoms with Gasteiger partial charge in [-0.25, -0.2) is 4.57 Å². The van der Waals surface area contributed by atoms with Crippen molar-refractivity contribution < 1.29 is 31.5 Å². The molecule has 0 N–H and O–H groups in total. The minimum atomic E-state index is -4.75. The van der Waals surface area contributed by atoms with Crippen LogP contribution in [0.2, 0.25) is 0 Å². The van der Waals surface area contributed by atoms with E-state index in [0.29, 0.717) is 5.75 Å². The van der Waals surface area contributed by atoms with E-state index in [9.17, 15) is 17.7 Å². The van der Waals surface area contributed by atoms with E-state index in [1.165, 1.54) is 12.1 Å². The molecule has 0 aromatic heterocycles. The summed E-state index contributed by atoms with van der Waals surface area (Å²) in [6.07, 6.45) is -3.95. The Morgan fingerprint density at radius 2 is 1.71 bits per heavy atom. The van der Waals surface area contributed by atoms with Gasteiger partial charge in [0.2, 0.25) is 0 Å². The highest BCUT2D eigenvalue weighted by molar-refractivity contribution is 8.55. The highest BCUT2D eigenvalue weighted by atomic mass is 32.7. The van der Waals surface area contributed by atoms with Crippen LogP contribution in [-0.2, 0) is 9.09 Å². The first-order chi connectivity index (χ1) is 9.78. The molecule has 1 atom stereocenters. The third-order valence-corrected chi connectivity index (χ3v) is 5.97. The Hall–Kier alpha value is -0.850. The van der Waals surface area contributed by atoms with Gasteiger partial charge in [0.25, 0.3) is 0 Å². The first-order valence-corrected chi connectivity index (χ1v) is 9.36. The highest BCUT2D eigenvalue weighted by Crippen LogP contribution is 2.60. The molecule has 0 saturated carbocycles. The number of hydrogen-bond acceptors (Lipinski definition) is 5. The minimum absolute atomic E-state index is 0.157. The normalized spacial score (nSPS) is 14.5. The van der Waals surface area contributed by atoms with E-state index in [-0.39, 0.29) is 18.1 Å². The summed E-state index contributed by atoms with van der Waals surface area (Å²) < 4.78 is 62.6. The van der Waals surface area contributed by atoms with E-state index in [4.69, 9.17) is 9.05 Å². The van der Waals surface area contributed by atoms with Gasteiger partial charge in [-0.2, -0.15) is 0 Å². The van der Waals surface area contributed by atoms with Crippen molar-refractivity contribution in [3.05, 3.63) is 24.3 Å². The van der Waals surface area contributed by atoms with Crippen molar-refractivity contribution in [1.29, 1.82) is 0 Å². The Balaban J connectivity index is 2.74. The van der Waals surface area contributed by atoms with Crippen LogP contribution < -0.4 is 9.26 Å². The summed E-state index contributed by atoms with van der Waals surface area (Å²) in [5, 5.41) is 0. The quantitative estimate of drug-likeness (QED) is 0.603. The molecule has 1 aromatic carbocycles. The Morgan fingerprint density at radius 3 is 2.19 bits per heavy atom. The van der Waals surface area contributed by atoms with Crippen LogP contribution in [0.3, 0.4) is 0 Å². The fourth-order valence-corrected chi connectivity index (χ4v) is 4.74. The smallest absolute Gasteiger partial charge is 0.417 e. The summed E-state index contributed by atoms with van der Waals surface area (Å²) in [7, 11) is 0. The van der Waals surface area contributed by atoms with Gasteiger partial charge in [-0.1, -0.05) is 6.92 Å².